The summed E-state index contributed by atoms with van der Waals surface area (Å²) in [6.07, 6.45) is 2.26. The maximum absolute atomic E-state index is 13.8. The van der Waals surface area contributed by atoms with Crippen molar-refractivity contribution in [2.45, 2.75) is 24.7 Å². The van der Waals surface area contributed by atoms with Gasteiger partial charge in [-0.3, -0.25) is 4.79 Å². The van der Waals surface area contributed by atoms with Gasteiger partial charge in [-0.25, -0.2) is 0 Å². The van der Waals surface area contributed by atoms with Gasteiger partial charge in [0.05, 0.1) is 0 Å². The van der Waals surface area contributed by atoms with E-state index in [1.54, 1.807) is 0 Å². The Morgan fingerprint density at radius 2 is 1.78 bits per heavy atom. The third-order valence-electron chi connectivity index (χ3n) is 5.66. The Morgan fingerprint density at radius 1 is 1.07 bits per heavy atom. The minimum absolute atomic E-state index is 0.0157. The Labute approximate surface area is 164 Å². The second kappa shape index (κ2) is 7.87. The molecule has 27 heavy (non-hydrogen) atoms. The van der Waals surface area contributed by atoms with E-state index in [1.807, 2.05) is 48.5 Å². The van der Waals surface area contributed by atoms with Gasteiger partial charge >= 0.3 is 0 Å². The fourth-order valence-electron chi connectivity index (χ4n) is 4.11. The van der Waals surface area contributed by atoms with Crippen molar-refractivity contribution >= 4 is 28.4 Å². The first-order valence-electron chi connectivity index (χ1n) is 9.57. The van der Waals surface area contributed by atoms with Crippen molar-refractivity contribution in [1.82, 2.24) is 5.32 Å². The van der Waals surface area contributed by atoms with Crippen molar-refractivity contribution in [3.05, 3.63) is 72.0 Å². The van der Waals surface area contributed by atoms with Gasteiger partial charge in [-0.15, -0.1) is 11.6 Å². The number of alkyl halides is 1. The maximum Gasteiger partial charge on any atom is 0.151 e. The van der Waals surface area contributed by atoms with Crippen LogP contribution in [0.15, 0.2) is 65.1 Å². The number of halogens is 1. The molecule has 1 aliphatic heterocycles. The second-order valence-corrected chi connectivity index (χ2v) is 7.68. The van der Waals surface area contributed by atoms with Crippen molar-refractivity contribution in [2.75, 3.05) is 19.0 Å². The fourth-order valence-corrected chi connectivity index (χ4v) is 4.47. The summed E-state index contributed by atoms with van der Waals surface area (Å²) in [6.45, 7) is 1.75. The highest BCUT2D eigenvalue weighted by molar-refractivity contribution is 6.21. The van der Waals surface area contributed by atoms with Crippen LogP contribution >= 0.6 is 11.6 Å². The number of hydrogen-bond donors (Lipinski definition) is 1. The van der Waals surface area contributed by atoms with Crippen molar-refractivity contribution in [3.63, 3.8) is 0 Å². The zero-order chi connectivity index (χ0) is 18.7. The van der Waals surface area contributed by atoms with Crippen LogP contribution < -0.4 is 5.32 Å². The predicted octanol–water partition coefficient (Wildman–Crippen LogP) is 4.72. The van der Waals surface area contributed by atoms with Gasteiger partial charge in [-0.2, -0.15) is 0 Å². The number of hydrogen-bond acceptors (Lipinski definition) is 3. The van der Waals surface area contributed by atoms with E-state index in [-0.39, 0.29) is 17.6 Å². The number of ketones is 1. The van der Waals surface area contributed by atoms with E-state index >= 15 is 0 Å². The topological polar surface area (TPSA) is 42.2 Å². The third kappa shape index (κ3) is 3.54. The number of Topliss-reactive ketones (excluding diaryl/α,β-unsaturated/α-hetero) is 1. The molecule has 140 valence electrons. The van der Waals surface area contributed by atoms with Crippen LogP contribution in [-0.4, -0.2) is 24.8 Å². The lowest BCUT2D eigenvalue weighted by Crippen LogP contribution is -2.46. The number of carbonyl (C=O) groups excluding carboxylic acids is 1. The molecule has 1 atom stereocenters. The van der Waals surface area contributed by atoms with Gasteiger partial charge in [0, 0.05) is 17.2 Å². The number of carbonyl (C=O) groups is 1. The molecule has 0 amide bonds. The monoisotopic (exact) mass is 381 g/mol. The second-order valence-electron chi connectivity index (χ2n) is 7.42. The molecule has 3 aromatic rings. The van der Waals surface area contributed by atoms with Crippen LogP contribution in [0.4, 0.5) is 0 Å². The summed E-state index contributed by atoms with van der Waals surface area (Å²) in [4.78, 5) is 13.8. The molecule has 2 heterocycles. The van der Waals surface area contributed by atoms with Crippen LogP contribution in [0.2, 0.25) is 0 Å². The van der Waals surface area contributed by atoms with Crippen LogP contribution in [-0.2, 0) is 16.6 Å². The lowest BCUT2D eigenvalue weighted by atomic mass is 9.71. The molecule has 4 heteroatoms. The molecule has 0 spiro atoms. The van der Waals surface area contributed by atoms with Crippen molar-refractivity contribution in [2.24, 2.45) is 5.92 Å². The van der Waals surface area contributed by atoms with E-state index in [0.29, 0.717) is 12.2 Å². The number of fused-ring (bicyclic) bond motifs is 1. The standard InChI is InChI=1S/C23H24ClNO2/c24-16-23(15-17-6-2-1-3-7-17,22(26)18-10-12-25-13-11-18)21-14-19-8-4-5-9-20(19)27-21/h1-9,14,18,25H,10-13,15-16H2. The molecule has 1 saturated heterocycles. The van der Waals surface area contributed by atoms with Gasteiger partial charge in [-0.1, -0.05) is 48.5 Å². The molecule has 0 saturated carbocycles. The summed E-state index contributed by atoms with van der Waals surface area (Å²) in [5.74, 6) is 1.12. The zero-order valence-corrected chi connectivity index (χ0v) is 16.0. The first kappa shape index (κ1) is 18.3. The molecule has 1 aliphatic rings. The van der Waals surface area contributed by atoms with Gasteiger partial charge in [0.2, 0.25) is 0 Å². The third-order valence-corrected chi connectivity index (χ3v) is 6.11. The van der Waals surface area contributed by atoms with Gasteiger partial charge in [0.25, 0.3) is 0 Å². The lowest BCUT2D eigenvalue weighted by molar-refractivity contribution is -0.129. The number of piperidine rings is 1. The zero-order valence-electron chi connectivity index (χ0n) is 15.3. The van der Waals surface area contributed by atoms with Crippen LogP contribution in [0, 0.1) is 5.92 Å². The minimum Gasteiger partial charge on any atom is -0.460 e. The first-order valence-corrected chi connectivity index (χ1v) is 10.1. The average Bonchev–Trinajstić information content (AvgIpc) is 3.17. The molecule has 2 aromatic carbocycles. The average molecular weight is 382 g/mol. The van der Waals surface area contributed by atoms with E-state index in [4.69, 9.17) is 16.0 Å². The highest BCUT2D eigenvalue weighted by Gasteiger charge is 2.45. The maximum atomic E-state index is 13.8. The lowest BCUT2D eigenvalue weighted by Gasteiger charge is -2.34. The summed E-state index contributed by atoms with van der Waals surface area (Å²) >= 11 is 6.55. The summed E-state index contributed by atoms with van der Waals surface area (Å²) in [6, 6.07) is 20.0. The molecule has 0 aliphatic carbocycles. The Hall–Kier alpha value is -2.10. The smallest absolute Gasteiger partial charge is 0.151 e. The molecule has 3 nitrogen and oxygen atoms in total. The predicted molar refractivity (Wildman–Crippen MR) is 109 cm³/mol. The molecule has 1 fully saturated rings. The summed E-state index contributed by atoms with van der Waals surface area (Å²) in [5.41, 5.74) is 1.05. The van der Waals surface area contributed by atoms with Crippen molar-refractivity contribution < 1.29 is 9.21 Å². The number of nitrogens with one attached hydrogen (secondary N) is 1. The van der Waals surface area contributed by atoms with Crippen LogP contribution in [0.25, 0.3) is 11.0 Å². The summed E-state index contributed by atoms with van der Waals surface area (Å²) < 4.78 is 6.19. The Kier molecular flexibility index (Phi) is 5.33. The SMILES string of the molecule is O=C(C1CCNCC1)C(CCl)(Cc1ccccc1)c1cc2ccccc2o1. The molecule has 1 unspecified atom stereocenters. The van der Waals surface area contributed by atoms with E-state index in [2.05, 4.69) is 17.4 Å². The summed E-state index contributed by atoms with van der Waals surface area (Å²) in [7, 11) is 0. The molecule has 4 rings (SSSR count). The Balaban J connectivity index is 1.80. The van der Waals surface area contributed by atoms with Crippen molar-refractivity contribution in [3.8, 4) is 0 Å². The van der Waals surface area contributed by atoms with E-state index in [9.17, 15) is 4.79 Å². The van der Waals surface area contributed by atoms with Gasteiger partial charge in [-0.05, 0) is 50.0 Å². The summed E-state index contributed by atoms with van der Waals surface area (Å²) in [5, 5.41) is 4.35. The van der Waals surface area contributed by atoms with E-state index < -0.39 is 5.41 Å². The number of benzene rings is 2. The Morgan fingerprint density at radius 3 is 2.48 bits per heavy atom. The van der Waals surface area contributed by atoms with Crippen LogP contribution in [0.5, 0.6) is 0 Å². The molecule has 1 aromatic heterocycles. The van der Waals surface area contributed by atoms with E-state index in [1.165, 1.54) is 0 Å². The fraction of sp³-hybridized carbons (Fsp3) is 0.348. The van der Waals surface area contributed by atoms with Gasteiger partial charge < -0.3 is 9.73 Å². The first-order chi connectivity index (χ1) is 13.2. The number of rotatable bonds is 6. The van der Waals surface area contributed by atoms with E-state index in [0.717, 1.165) is 42.5 Å². The number of furan rings is 1. The highest BCUT2D eigenvalue weighted by Crippen LogP contribution is 2.38. The minimum atomic E-state index is -0.843. The molecule has 1 N–H and O–H groups in total. The Bertz CT molecular complexity index is 881. The number of para-hydroxylation sites is 1. The largest absolute Gasteiger partial charge is 0.460 e. The highest BCUT2D eigenvalue weighted by atomic mass is 35.5. The molecular weight excluding hydrogens is 358 g/mol. The molecular formula is C23H24ClNO2. The molecule has 0 radical (unpaired) electrons. The van der Waals surface area contributed by atoms with Crippen molar-refractivity contribution in [1.29, 1.82) is 0 Å². The normalized spacial score (nSPS) is 17.7. The molecule has 0 bridgehead atoms. The van der Waals surface area contributed by atoms with Gasteiger partial charge in [0.15, 0.2) is 5.78 Å². The van der Waals surface area contributed by atoms with Gasteiger partial charge in [0.1, 0.15) is 16.8 Å². The van der Waals surface area contributed by atoms with Crippen LogP contribution in [0.1, 0.15) is 24.2 Å². The van der Waals surface area contributed by atoms with Crippen LogP contribution in [0.3, 0.4) is 0 Å². The quantitative estimate of drug-likeness (QED) is 0.628.